The van der Waals surface area contributed by atoms with Gasteiger partial charge in [0.15, 0.2) is 11.6 Å². The van der Waals surface area contributed by atoms with Gasteiger partial charge in [-0.3, -0.25) is 4.79 Å². The van der Waals surface area contributed by atoms with E-state index >= 15 is 0 Å². The molecule has 6 nitrogen and oxygen atoms in total. The summed E-state index contributed by atoms with van der Waals surface area (Å²) in [4.78, 5) is 20.2. The molecule has 0 unspecified atom stereocenters. The van der Waals surface area contributed by atoms with E-state index in [-0.39, 0.29) is 17.2 Å². The molecule has 2 aromatic heterocycles. The molecule has 2 heterocycles. The highest BCUT2D eigenvalue weighted by atomic mass is 32.1. The van der Waals surface area contributed by atoms with Gasteiger partial charge < -0.3 is 16.4 Å². The molecule has 0 bridgehead atoms. The van der Waals surface area contributed by atoms with Crippen LogP contribution in [0.15, 0.2) is 29.8 Å². The number of aromatic nitrogens is 2. The van der Waals surface area contributed by atoms with Crippen molar-refractivity contribution in [1.29, 1.82) is 0 Å². The Morgan fingerprint density at radius 2 is 2.12 bits per heavy atom. The van der Waals surface area contributed by atoms with Gasteiger partial charge in [-0.15, -0.1) is 11.3 Å². The summed E-state index contributed by atoms with van der Waals surface area (Å²) in [6.45, 7) is 4.76. The number of nitrogens with zero attached hydrogens (tertiary/aromatic N) is 2. The highest BCUT2D eigenvalue weighted by Gasteiger charge is 2.16. The van der Waals surface area contributed by atoms with Crippen molar-refractivity contribution in [3.05, 3.63) is 41.2 Å². The second kappa shape index (κ2) is 7.65. The molecule has 0 atom stereocenters. The summed E-state index contributed by atoms with van der Waals surface area (Å²) in [5.74, 6) is -0.552. The number of carbonyl (C=O) groups excluding carboxylic acids is 1. The number of amides is 1. The summed E-state index contributed by atoms with van der Waals surface area (Å²) in [6, 6.07) is 6.70. The number of halogens is 1. The third kappa shape index (κ3) is 4.08. The molecule has 0 saturated heterocycles. The first-order valence-electron chi connectivity index (χ1n) is 8.28. The molecule has 0 aliphatic rings. The number of anilines is 3. The molecular formula is C18H20FN5OS. The zero-order valence-electron chi connectivity index (χ0n) is 14.5. The number of nitrogens with one attached hydrogen (secondary N) is 2. The molecule has 0 aliphatic carbocycles. The van der Waals surface area contributed by atoms with Crippen LogP contribution in [0.3, 0.4) is 0 Å². The Morgan fingerprint density at radius 3 is 2.85 bits per heavy atom. The van der Waals surface area contributed by atoms with Crippen LogP contribution in [0.5, 0.6) is 0 Å². The standard InChI is InChI=1S/C18H20FN5OS/c1-10(2)5-6-21-18-13(19)8-12(16(20)25)17(24-18)23-11-3-4-14-15(7-11)26-9-22-14/h3-4,7-10H,5-6H2,1-2H3,(H2,20,25)(H2,21,23,24). The molecule has 8 heteroatoms. The molecule has 1 aromatic carbocycles. The average molecular weight is 373 g/mol. The molecule has 3 rings (SSSR count). The van der Waals surface area contributed by atoms with Gasteiger partial charge in [0, 0.05) is 12.2 Å². The molecule has 0 fully saturated rings. The summed E-state index contributed by atoms with van der Waals surface area (Å²) < 4.78 is 15.2. The predicted octanol–water partition coefficient (Wildman–Crippen LogP) is 4.13. The Kier molecular flexibility index (Phi) is 5.32. The highest BCUT2D eigenvalue weighted by Crippen LogP contribution is 2.27. The summed E-state index contributed by atoms with van der Waals surface area (Å²) in [5, 5.41) is 6.04. The lowest BCUT2D eigenvalue weighted by Crippen LogP contribution is -2.17. The van der Waals surface area contributed by atoms with Gasteiger partial charge in [0.1, 0.15) is 5.82 Å². The Balaban J connectivity index is 1.90. The first-order chi connectivity index (χ1) is 12.4. The lowest BCUT2D eigenvalue weighted by Gasteiger charge is -2.14. The smallest absolute Gasteiger partial charge is 0.252 e. The first-order valence-corrected chi connectivity index (χ1v) is 9.16. The highest BCUT2D eigenvalue weighted by molar-refractivity contribution is 7.16. The SMILES string of the molecule is CC(C)CCNc1nc(Nc2ccc3ncsc3c2)c(C(N)=O)cc1F. The van der Waals surface area contributed by atoms with Crippen molar-refractivity contribution in [2.24, 2.45) is 11.7 Å². The number of rotatable bonds is 7. The number of primary amides is 1. The number of hydrogen-bond acceptors (Lipinski definition) is 6. The first kappa shape index (κ1) is 18.1. The number of hydrogen-bond donors (Lipinski definition) is 3. The number of thiazole rings is 1. The topological polar surface area (TPSA) is 92.9 Å². The number of nitrogens with two attached hydrogens (primary N) is 1. The number of carbonyl (C=O) groups is 1. The lowest BCUT2D eigenvalue weighted by molar-refractivity contribution is 0.100. The van der Waals surface area contributed by atoms with Crippen molar-refractivity contribution in [2.75, 3.05) is 17.2 Å². The minimum atomic E-state index is -0.744. The van der Waals surface area contributed by atoms with Crippen LogP contribution < -0.4 is 16.4 Å². The van der Waals surface area contributed by atoms with Gasteiger partial charge in [-0.1, -0.05) is 13.8 Å². The summed E-state index contributed by atoms with van der Waals surface area (Å²) in [7, 11) is 0. The molecule has 26 heavy (non-hydrogen) atoms. The van der Waals surface area contributed by atoms with E-state index in [1.54, 1.807) is 5.51 Å². The van der Waals surface area contributed by atoms with Crippen LogP contribution in [-0.4, -0.2) is 22.4 Å². The van der Waals surface area contributed by atoms with E-state index in [1.165, 1.54) is 11.3 Å². The minimum absolute atomic E-state index is 0.00121. The Morgan fingerprint density at radius 1 is 1.31 bits per heavy atom. The molecule has 0 saturated carbocycles. The molecule has 0 spiro atoms. The molecule has 3 aromatic rings. The van der Waals surface area contributed by atoms with Crippen LogP contribution in [0.2, 0.25) is 0 Å². The maximum Gasteiger partial charge on any atom is 0.252 e. The van der Waals surface area contributed by atoms with Gasteiger partial charge in [0.05, 0.1) is 21.3 Å². The largest absolute Gasteiger partial charge is 0.368 e. The van der Waals surface area contributed by atoms with Gasteiger partial charge in [0.25, 0.3) is 5.91 Å². The van der Waals surface area contributed by atoms with Gasteiger partial charge >= 0.3 is 0 Å². The van der Waals surface area contributed by atoms with E-state index in [9.17, 15) is 9.18 Å². The Bertz CT molecular complexity index is 940. The van der Waals surface area contributed by atoms with Crippen LogP contribution in [0.4, 0.5) is 21.7 Å². The fraction of sp³-hybridized carbons (Fsp3) is 0.278. The quantitative estimate of drug-likeness (QED) is 0.579. The van der Waals surface area contributed by atoms with Gasteiger partial charge in [0.2, 0.25) is 0 Å². The van der Waals surface area contributed by atoms with E-state index < -0.39 is 11.7 Å². The predicted molar refractivity (Wildman–Crippen MR) is 104 cm³/mol. The third-order valence-electron chi connectivity index (χ3n) is 3.85. The minimum Gasteiger partial charge on any atom is -0.368 e. The van der Waals surface area contributed by atoms with Crippen molar-refractivity contribution in [3.8, 4) is 0 Å². The normalized spacial score (nSPS) is 11.1. The van der Waals surface area contributed by atoms with E-state index in [0.717, 1.165) is 28.4 Å². The van der Waals surface area contributed by atoms with Crippen molar-refractivity contribution >= 4 is 44.8 Å². The van der Waals surface area contributed by atoms with Crippen molar-refractivity contribution in [1.82, 2.24) is 9.97 Å². The van der Waals surface area contributed by atoms with Crippen LogP contribution in [0.25, 0.3) is 10.2 Å². The molecule has 136 valence electrons. The third-order valence-corrected chi connectivity index (χ3v) is 4.64. The van der Waals surface area contributed by atoms with Gasteiger partial charge in [-0.05, 0) is 36.6 Å². The monoisotopic (exact) mass is 373 g/mol. The van der Waals surface area contributed by atoms with E-state index in [0.29, 0.717) is 12.5 Å². The number of pyridine rings is 1. The molecular weight excluding hydrogens is 353 g/mol. The number of benzene rings is 1. The molecule has 0 radical (unpaired) electrons. The van der Waals surface area contributed by atoms with Crippen molar-refractivity contribution in [2.45, 2.75) is 20.3 Å². The summed E-state index contributed by atoms with van der Waals surface area (Å²) in [5.41, 5.74) is 8.76. The van der Waals surface area contributed by atoms with Gasteiger partial charge in [-0.2, -0.15) is 0 Å². The van der Waals surface area contributed by atoms with Crippen molar-refractivity contribution in [3.63, 3.8) is 0 Å². The fourth-order valence-corrected chi connectivity index (χ4v) is 3.16. The lowest BCUT2D eigenvalue weighted by atomic mass is 10.1. The van der Waals surface area contributed by atoms with E-state index in [4.69, 9.17) is 5.73 Å². The van der Waals surface area contributed by atoms with Crippen LogP contribution in [0, 0.1) is 11.7 Å². The zero-order chi connectivity index (χ0) is 18.7. The second-order valence-electron chi connectivity index (χ2n) is 6.35. The maximum atomic E-state index is 14.3. The van der Waals surface area contributed by atoms with Crippen LogP contribution in [-0.2, 0) is 0 Å². The Labute approximate surface area is 154 Å². The second-order valence-corrected chi connectivity index (χ2v) is 7.23. The fourth-order valence-electron chi connectivity index (χ4n) is 2.44. The zero-order valence-corrected chi connectivity index (χ0v) is 15.4. The van der Waals surface area contributed by atoms with Crippen molar-refractivity contribution < 1.29 is 9.18 Å². The summed E-state index contributed by atoms with van der Waals surface area (Å²) in [6.07, 6.45) is 0.878. The van der Waals surface area contributed by atoms with Crippen LogP contribution in [0.1, 0.15) is 30.6 Å². The Hall–Kier alpha value is -2.74. The number of fused-ring (bicyclic) bond motifs is 1. The molecule has 1 amide bonds. The van der Waals surface area contributed by atoms with E-state index in [1.807, 2.05) is 18.2 Å². The molecule has 0 aliphatic heterocycles. The van der Waals surface area contributed by atoms with E-state index in [2.05, 4.69) is 34.4 Å². The maximum absolute atomic E-state index is 14.3. The van der Waals surface area contributed by atoms with Gasteiger partial charge in [-0.25, -0.2) is 14.4 Å². The average Bonchev–Trinajstić information content (AvgIpc) is 3.04. The van der Waals surface area contributed by atoms with Crippen LogP contribution >= 0.6 is 11.3 Å². The molecule has 4 N–H and O–H groups in total. The summed E-state index contributed by atoms with van der Waals surface area (Å²) >= 11 is 1.51.